The molecule has 0 saturated heterocycles. The minimum atomic E-state index is -0.952. The number of amides is 1. The van der Waals surface area contributed by atoms with Crippen LogP contribution in [0.3, 0.4) is 0 Å². The Morgan fingerprint density at radius 3 is 2.35 bits per heavy atom. The first kappa shape index (κ1) is 22.1. The van der Waals surface area contributed by atoms with Gasteiger partial charge in [0.15, 0.2) is 0 Å². The molecule has 1 rings (SSSR count). The lowest BCUT2D eigenvalue weighted by molar-refractivity contribution is -0.133. The van der Waals surface area contributed by atoms with Crippen molar-refractivity contribution in [2.75, 3.05) is 13.1 Å². The summed E-state index contributed by atoms with van der Waals surface area (Å²) in [6.45, 7) is 14.2. The summed E-state index contributed by atoms with van der Waals surface area (Å²) in [7, 11) is 0. The molecule has 6 nitrogen and oxygen atoms in total. The summed E-state index contributed by atoms with van der Waals surface area (Å²) >= 11 is 0. The van der Waals surface area contributed by atoms with Crippen LogP contribution >= 0.6 is 0 Å². The van der Waals surface area contributed by atoms with Crippen LogP contribution in [0.4, 0.5) is 0 Å². The van der Waals surface area contributed by atoms with Gasteiger partial charge in [0, 0.05) is 31.6 Å². The Hall–Kier alpha value is -1.92. The minimum absolute atomic E-state index is 0.00793. The average Bonchev–Trinajstić information content (AvgIpc) is 2.59. The molecule has 6 heteroatoms. The molecule has 0 heterocycles. The maximum atomic E-state index is 11.8. The first-order chi connectivity index (χ1) is 12.4. The quantitative estimate of drug-likeness (QED) is 0.551. The molecule has 0 bridgehead atoms. The van der Waals surface area contributed by atoms with Gasteiger partial charge in [0.1, 0.15) is 0 Å². The highest BCUT2D eigenvalue weighted by atomic mass is 16.5. The van der Waals surface area contributed by atoms with Crippen LogP contribution in [0.15, 0.2) is 37.0 Å². The van der Waals surface area contributed by atoms with Crippen LogP contribution in [-0.2, 0) is 14.3 Å². The number of nitrogens with zero attached hydrogens (tertiary/aromatic N) is 1. The molecule has 2 N–H and O–H groups in total. The third kappa shape index (κ3) is 6.11. The fraction of sp³-hybridized carbons (Fsp3) is 0.600. The Morgan fingerprint density at radius 1 is 1.35 bits per heavy atom. The number of carboxylic acid groups (broad SMARTS) is 1. The van der Waals surface area contributed by atoms with Crippen LogP contribution in [0.5, 0.6) is 0 Å². The van der Waals surface area contributed by atoms with Crippen molar-refractivity contribution in [3.05, 3.63) is 37.0 Å². The summed E-state index contributed by atoms with van der Waals surface area (Å²) in [5.41, 5.74) is 0.311. The first-order valence-corrected chi connectivity index (χ1v) is 9.20. The summed E-state index contributed by atoms with van der Waals surface area (Å²) in [6.07, 6.45) is 6.67. The van der Waals surface area contributed by atoms with Gasteiger partial charge in [-0.25, -0.2) is 4.79 Å². The van der Waals surface area contributed by atoms with E-state index in [-0.39, 0.29) is 24.1 Å². The van der Waals surface area contributed by atoms with Crippen LogP contribution in [-0.4, -0.2) is 59.3 Å². The highest BCUT2D eigenvalue weighted by Crippen LogP contribution is 2.28. The van der Waals surface area contributed by atoms with Crippen molar-refractivity contribution in [2.45, 2.75) is 64.3 Å². The van der Waals surface area contributed by atoms with Gasteiger partial charge in [0.2, 0.25) is 5.91 Å². The van der Waals surface area contributed by atoms with E-state index >= 15 is 0 Å². The number of carboxylic acids is 1. The van der Waals surface area contributed by atoms with Crippen molar-refractivity contribution in [1.29, 1.82) is 0 Å². The fourth-order valence-corrected chi connectivity index (χ4v) is 3.37. The van der Waals surface area contributed by atoms with Gasteiger partial charge in [-0.2, -0.15) is 0 Å². The molecule has 0 unspecified atom stereocenters. The van der Waals surface area contributed by atoms with E-state index in [1.807, 2.05) is 13.8 Å². The van der Waals surface area contributed by atoms with Gasteiger partial charge < -0.3 is 15.2 Å². The van der Waals surface area contributed by atoms with Crippen molar-refractivity contribution in [3.63, 3.8) is 0 Å². The third-order valence-electron chi connectivity index (χ3n) is 4.66. The zero-order valence-corrected chi connectivity index (χ0v) is 16.1. The Bertz CT molecular complexity index is 530. The van der Waals surface area contributed by atoms with Crippen LogP contribution in [0, 0.1) is 0 Å². The van der Waals surface area contributed by atoms with Crippen molar-refractivity contribution in [1.82, 2.24) is 10.2 Å². The summed E-state index contributed by atoms with van der Waals surface area (Å²) in [5.74, 6) is -1.12. The van der Waals surface area contributed by atoms with Crippen molar-refractivity contribution < 1.29 is 19.4 Å². The first-order valence-electron chi connectivity index (χ1n) is 9.20. The Kier molecular flexibility index (Phi) is 9.30. The second-order valence-corrected chi connectivity index (χ2v) is 6.57. The predicted octanol–water partition coefficient (Wildman–Crippen LogP) is 2.52. The average molecular weight is 364 g/mol. The molecule has 0 aromatic rings. The number of aliphatic carboxylic acids is 1. The topological polar surface area (TPSA) is 78.9 Å². The van der Waals surface area contributed by atoms with E-state index in [0.29, 0.717) is 25.1 Å². The smallest absolute Gasteiger partial charge is 0.331 e. The lowest BCUT2D eigenvalue weighted by Gasteiger charge is -2.43. The molecule has 146 valence electrons. The van der Waals surface area contributed by atoms with E-state index in [1.165, 1.54) is 6.92 Å². The largest absolute Gasteiger partial charge is 0.478 e. The molecule has 0 spiro atoms. The number of carbonyl (C=O) groups excluding carboxylic acids is 1. The molecule has 1 aliphatic carbocycles. The highest BCUT2D eigenvalue weighted by molar-refractivity contribution is 5.87. The maximum absolute atomic E-state index is 11.8. The summed E-state index contributed by atoms with van der Waals surface area (Å²) in [5, 5.41) is 12.5. The van der Waals surface area contributed by atoms with Gasteiger partial charge in [-0.3, -0.25) is 9.69 Å². The minimum Gasteiger partial charge on any atom is -0.478 e. The molecule has 0 radical (unpaired) electrons. The molecule has 0 aliphatic heterocycles. The molecule has 0 saturated carbocycles. The third-order valence-corrected chi connectivity index (χ3v) is 4.66. The molecular formula is C20H32N2O4. The van der Waals surface area contributed by atoms with Crippen LogP contribution in [0.2, 0.25) is 0 Å². The lowest BCUT2D eigenvalue weighted by Crippen LogP contribution is -2.59. The normalized spacial score (nSPS) is 22.8. The van der Waals surface area contributed by atoms with Crippen molar-refractivity contribution in [3.8, 4) is 0 Å². The van der Waals surface area contributed by atoms with Gasteiger partial charge in [0.25, 0.3) is 0 Å². The molecule has 26 heavy (non-hydrogen) atoms. The summed E-state index contributed by atoms with van der Waals surface area (Å²) in [4.78, 5) is 25.6. The molecule has 1 aliphatic rings. The molecule has 0 fully saturated rings. The Balaban J connectivity index is 3.28. The van der Waals surface area contributed by atoms with Gasteiger partial charge >= 0.3 is 5.97 Å². The Labute approximate surface area is 156 Å². The van der Waals surface area contributed by atoms with E-state index in [0.717, 1.165) is 12.8 Å². The number of carbonyl (C=O) groups is 2. The molecule has 0 aromatic heterocycles. The van der Waals surface area contributed by atoms with E-state index in [4.69, 9.17) is 4.74 Å². The second kappa shape index (κ2) is 10.9. The number of hydrogen-bond acceptors (Lipinski definition) is 4. The second-order valence-electron chi connectivity index (χ2n) is 6.57. The highest BCUT2D eigenvalue weighted by Gasteiger charge is 2.39. The number of ether oxygens (including phenoxy) is 1. The van der Waals surface area contributed by atoms with Crippen LogP contribution in [0.25, 0.3) is 0 Å². The zero-order chi connectivity index (χ0) is 19.7. The maximum Gasteiger partial charge on any atom is 0.331 e. The summed E-state index contributed by atoms with van der Waals surface area (Å²) < 4.78 is 6.19. The van der Waals surface area contributed by atoms with Crippen LogP contribution in [0.1, 0.15) is 40.0 Å². The van der Waals surface area contributed by atoms with Gasteiger partial charge in [0.05, 0.1) is 18.2 Å². The molecular weight excluding hydrogens is 332 g/mol. The van der Waals surface area contributed by atoms with Gasteiger partial charge in [-0.05, 0) is 25.3 Å². The molecule has 1 amide bonds. The fourth-order valence-electron chi connectivity index (χ4n) is 3.37. The van der Waals surface area contributed by atoms with E-state index in [1.54, 1.807) is 18.2 Å². The van der Waals surface area contributed by atoms with E-state index in [9.17, 15) is 14.7 Å². The summed E-state index contributed by atoms with van der Waals surface area (Å²) in [6, 6.07) is -0.554. The molecule has 0 aromatic carbocycles. The Morgan fingerprint density at radius 2 is 1.92 bits per heavy atom. The van der Waals surface area contributed by atoms with Gasteiger partial charge in [-0.15, -0.1) is 13.2 Å². The standard InChI is InChI=1S/C20H32N2O4/c1-6-10-22(11-7-2)17-12-15(20(24)25)13-18(19(17)21-14(5)23)26-16(8-3)9-4/h6-7,13,16-19H,1-2,8-12H2,3-5H3,(H,21,23)(H,24,25)/t17-,18+,19+/m0/s1. The van der Waals surface area contributed by atoms with Crippen molar-refractivity contribution in [2.24, 2.45) is 0 Å². The number of hydrogen-bond donors (Lipinski definition) is 2. The molecule has 3 atom stereocenters. The predicted molar refractivity (Wildman–Crippen MR) is 103 cm³/mol. The monoisotopic (exact) mass is 364 g/mol. The van der Waals surface area contributed by atoms with E-state index in [2.05, 4.69) is 23.4 Å². The van der Waals surface area contributed by atoms with E-state index < -0.39 is 12.1 Å². The SMILES string of the molecule is C=CCN(CC=C)[C@H]1CC(C(=O)O)=C[C@@H](OC(CC)CC)[C@@H]1NC(C)=O. The number of rotatable bonds is 11. The zero-order valence-electron chi connectivity index (χ0n) is 16.1. The number of nitrogens with one attached hydrogen (secondary N) is 1. The van der Waals surface area contributed by atoms with Crippen molar-refractivity contribution >= 4 is 11.9 Å². The van der Waals surface area contributed by atoms with Crippen LogP contribution < -0.4 is 5.32 Å². The lowest BCUT2D eigenvalue weighted by atomic mass is 9.86. The van der Waals surface area contributed by atoms with Gasteiger partial charge in [-0.1, -0.05) is 26.0 Å².